The van der Waals surface area contributed by atoms with Gasteiger partial charge in [-0.15, -0.1) is 10.2 Å². The third-order valence-electron chi connectivity index (χ3n) is 5.29. The lowest BCUT2D eigenvalue weighted by molar-refractivity contribution is -0.115. The van der Waals surface area contributed by atoms with Crippen LogP contribution < -0.4 is 5.32 Å². The lowest BCUT2D eigenvalue weighted by atomic mass is 10.2. The van der Waals surface area contributed by atoms with Crippen molar-refractivity contribution in [3.05, 3.63) is 65.1 Å². The zero-order valence-electron chi connectivity index (χ0n) is 19.2. The SMILES string of the molecule is CCCCC(Sc1nnc(-c2ccncc2)n1-c1cccc(Cl)c1C)C(=O)Nc1cc(C)on1. The van der Waals surface area contributed by atoms with Crippen molar-refractivity contribution in [2.45, 2.75) is 50.4 Å². The Morgan fingerprint density at radius 2 is 2.00 bits per heavy atom. The van der Waals surface area contributed by atoms with E-state index in [0.717, 1.165) is 29.7 Å². The van der Waals surface area contributed by atoms with Crippen LogP contribution in [0.25, 0.3) is 17.1 Å². The van der Waals surface area contributed by atoms with Crippen LogP contribution in [0.3, 0.4) is 0 Å². The Kier molecular flexibility index (Phi) is 7.64. The number of pyridine rings is 1. The highest BCUT2D eigenvalue weighted by Crippen LogP contribution is 2.34. The van der Waals surface area contributed by atoms with Crippen molar-refractivity contribution in [3.63, 3.8) is 0 Å². The lowest BCUT2D eigenvalue weighted by Crippen LogP contribution is -2.26. The fraction of sp³-hybridized carbons (Fsp3) is 0.292. The molecular weight excluding hydrogens is 472 g/mol. The molecule has 4 aromatic rings. The van der Waals surface area contributed by atoms with Crippen molar-refractivity contribution in [1.82, 2.24) is 24.9 Å². The summed E-state index contributed by atoms with van der Waals surface area (Å²) in [4.78, 5) is 17.3. The number of hydrogen-bond donors (Lipinski definition) is 1. The van der Waals surface area contributed by atoms with E-state index in [0.29, 0.717) is 34.0 Å². The van der Waals surface area contributed by atoms with Gasteiger partial charge >= 0.3 is 0 Å². The first-order chi connectivity index (χ1) is 16.5. The van der Waals surface area contributed by atoms with Crippen LogP contribution >= 0.6 is 23.4 Å². The average molecular weight is 497 g/mol. The average Bonchev–Trinajstić information content (AvgIpc) is 3.44. The van der Waals surface area contributed by atoms with Gasteiger partial charge in [-0.25, -0.2) is 0 Å². The smallest absolute Gasteiger partial charge is 0.239 e. The summed E-state index contributed by atoms with van der Waals surface area (Å²) in [7, 11) is 0. The molecule has 176 valence electrons. The molecule has 3 heterocycles. The number of aromatic nitrogens is 5. The van der Waals surface area contributed by atoms with Crippen LogP contribution in [-0.2, 0) is 4.79 Å². The van der Waals surface area contributed by atoms with Gasteiger partial charge in [0, 0.05) is 29.0 Å². The van der Waals surface area contributed by atoms with Crippen LogP contribution in [0.1, 0.15) is 37.5 Å². The summed E-state index contributed by atoms with van der Waals surface area (Å²) >= 11 is 7.82. The van der Waals surface area contributed by atoms with E-state index < -0.39 is 5.25 Å². The summed E-state index contributed by atoms with van der Waals surface area (Å²) in [6.45, 7) is 5.83. The standard InChI is InChI=1S/C24H25ClN6O2S/c1-4-5-9-20(23(32)27-21-14-15(2)33-30-21)34-24-29-28-22(17-10-12-26-13-11-17)31(24)19-8-6-7-18(25)16(19)3/h6-8,10-14,20H,4-5,9H2,1-3H3,(H,27,30,32). The molecule has 1 amide bonds. The first kappa shape index (κ1) is 24.0. The van der Waals surface area contributed by atoms with Crippen molar-refractivity contribution < 1.29 is 9.32 Å². The van der Waals surface area contributed by atoms with Crippen LogP contribution in [0.15, 0.2) is 58.5 Å². The molecule has 0 radical (unpaired) electrons. The molecule has 0 saturated carbocycles. The third-order valence-corrected chi connectivity index (χ3v) is 6.91. The lowest BCUT2D eigenvalue weighted by Gasteiger charge is -2.17. The maximum absolute atomic E-state index is 13.2. The molecule has 1 atom stereocenters. The van der Waals surface area contributed by atoms with E-state index in [1.807, 2.05) is 41.8 Å². The maximum Gasteiger partial charge on any atom is 0.239 e. The fourth-order valence-electron chi connectivity index (χ4n) is 3.48. The molecule has 8 nitrogen and oxygen atoms in total. The van der Waals surface area contributed by atoms with E-state index in [1.165, 1.54) is 11.8 Å². The molecule has 0 saturated heterocycles. The molecule has 0 aliphatic carbocycles. The number of thioether (sulfide) groups is 1. The van der Waals surface area contributed by atoms with Gasteiger partial charge in [0.05, 0.1) is 10.9 Å². The molecule has 0 spiro atoms. The zero-order valence-corrected chi connectivity index (χ0v) is 20.7. The van der Waals surface area contributed by atoms with Gasteiger partial charge in [-0.1, -0.05) is 54.4 Å². The molecule has 10 heteroatoms. The summed E-state index contributed by atoms with van der Waals surface area (Å²) in [5, 5.41) is 16.5. The topological polar surface area (TPSA) is 98.7 Å². The minimum absolute atomic E-state index is 0.158. The zero-order chi connectivity index (χ0) is 24.1. The van der Waals surface area contributed by atoms with Gasteiger partial charge in [0.1, 0.15) is 5.76 Å². The number of hydrogen-bond acceptors (Lipinski definition) is 7. The summed E-state index contributed by atoms with van der Waals surface area (Å²) in [5.41, 5.74) is 2.61. The molecule has 0 aliphatic rings. The van der Waals surface area contributed by atoms with Crippen LogP contribution in [0.4, 0.5) is 5.82 Å². The second-order valence-corrected chi connectivity index (χ2v) is 9.40. The minimum atomic E-state index is -0.398. The molecule has 0 fully saturated rings. The number of benzene rings is 1. The number of amides is 1. The third kappa shape index (κ3) is 5.31. The fourth-order valence-corrected chi connectivity index (χ4v) is 4.73. The van der Waals surface area contributed by atoms with E-state index in [1.54, 1.807) is 25.4 Å². The Morgan fingerprint density at radius 3 is 2.71 bits per heavy atom. The number of aryl methyl sites for hydroxylation is 1. The monoisotopic (exact) mass is 496 g/mol. The number of nitrogens with one attached hydrogen (secondary N) is 1. The number of carbonyl (C=O) groups is 1. The van der Waals surface area contributed by atoms with Crippen molar-refractivity contribution in [2.75, 3.05) is 5.32 Å². The number of carbonyl (C=O) groups excluding carboxylic acids is 1. The highest BCUT2D eigenvalue weighted by atomic mass is 35.5. The maximum atomic E-state index is 13.2. The summed E-state index contributed by atoms with van der Waals surface area (Å²) in [5.74, 6) is 1.52. The number of anilines is 1. The van der Waals surface area contributed by atoms with Crippen LogP contribution in [0.5, 0.6) is 0 Å². The van der Waals surface area contributed by atoms with Gasteiger partial charge in [0.15, 0.2) is 16.8 Å². The molecule has 1 aromatic carbocycles. The van der Waals surface area contributed by atoms with Crippen molar-refractivity contribution in [3.8, 4) is 17.1 Å². The second-order valence-electron chi connectivity index (χ2n) is 7.82. The normalized spacial score (nSPS) is 12.0. The number of rotatable bonds is 9. The predicted octanol–water partition coefficient (Wildman–Crippen LogP) is 5.88. The number of unbranched alkanes of at least 4 members (excludes halogenated alkanes) is 1. The van der Waals surface area contributed by atoms with Gasteiger partial charge in [0.2, 0.25) is 5.91 Å². The van der Waals surface area contributed by atoms with Gasteiger partial charge in [-0.05, 0) is 50.1 Å². The number of halogens is 1. The van der Waals surface area contributed by atoms with Gasteiger partial charge in [-0.3, -0.25) is 14.3 Å². The van der Waals surface area contributed by atoms with E-state index in [9.17, 15) is 4.79 Å². The molecule has 1 unspecified atom stereocenters. The summed E-state index contributed by atoms with van der Waals surface area (Å²) < 4.78 is 7.03. The first-order valence-corrected chi connectivity index (χ1v) is 12.3. The molecule has 0 bridgehead atoms. The Balaban J connectivity index is 1.73. The van der Waals surface area contributed by atoms with Crippen LogP contribution in [-0.4, -0.2) is 36.1 Å². The van der Waals surface area contributed by atoms with E-state index >= 15 is 0 Å². The van der Waals surface area contributed by atoms with E-state index in [-0.39, 0.29) is 5.91 Å². The largest absolute Gasteiger partial charge is 0.360 e. The van der Waals surface area contributed by atoms with Crippen molar-refractivity contribution in [1.29, 1.82) is 0 Å². The van der Waals surface area contributed by atoms with Crippen LogP contribution in [0.2, 0.25) is 5.02 Å². The number of nitrogens with zero attached hydrogens (tertiary/aromatic N) is 5. The molecule has 0 aliphatic heterocycles. The predicted molar refractivity (Wildman–Crippen MR) is 133 cm³/mol. The summed E-state index contributed by atoms with van der Waals surface area (Å²) in [6.07, 6.45) is 5.96. The Morgan fingerprint density at radius 1 is 1.21 bits per heavy atom. The Labute approximate surface area is 207 Å². The van der Waals surface area contributed by atoms with E-state index in [2.05, 4.69) is 32.6 Å². The van der Waals surface area contributed by atoms with Crippen LogP contribution in [0, 0.1) is 13.8 Å². The van der Waals surface area contributed by atoms with Gasteiger partial charge < -0.3 is 9.84 Å². The molecule has 34 heavy (non-hydrogen) atoms. The van der Waals surface area contributed by atoms with Gasteiger partial charge in [0.25, 0.3) is 0 Å². The van der Waals surface area contributed by atoms with Crippen molar-refractivity contribution >= 4 is 35.1 Å². The Hall–Kier alpha value is -3.17. The van der Waals surface area contributed by atoms with Crippen molar-refractivity contribution in [2.24, 2.45) is 0 Å². The molecular formula is C24H25ClN6O2S. The first-order valence-electron chi connectivity index (χ1n) is 11.0. The summed E-state index contributed by atoms with van der Waals surface area (Å²) in [6, 6.07) is 11.2. The minimum Gasteiger partial charge on any atom is -0.360 e. The molecule has 1 N–H and O–H groups in total. The quantitative estimate of drug-likeness (QED) is 0.289. The highest BCUT2D eigenvalue weighted by molar-refractivity contribution is 8.00. The van der Waals surface area contributed by atoms with Gasteiger partial charge in [-0.2, -0.15) is 0 Å². The highest BCUT2D eigenvalue weighted by Gasteiger charge is 2.26. The second kappa shape index (κ2) is 10.8. The molecule has 3 aromatic heterocycles. The Bertz CT molecular complexity index is 1270. The van der Waals surface area contributed by atoms with E-state index in [4.69, 9.17) is 16.1 Å². The molecule has 4 rings (SSSR count).